The summed E-state index contributed by atoms with van der Waals surface area (Å²) in [4.78, 5) is 0. The fourth-order valence-corrected chi connectivity index (χ4v) is 2.47. The topological polar surface area (TPSA) is 81.8 Å². The zero-order valence-corrected chi connectivity index (χ0v) is 12.2. The number of anilines is 1. The molecule has 2 aromatic heterocycles. The first-order chi connectivity index (χ1) is 10.1. The summed E-state index contributed by atoms with van der Waals surface area (Å²) in [6.45, 7) is 1.96. The molecule has 0 bridgehead atoms. The highest BCUT2D eigenvalue weighted by Gasteiger charge is 2.18. The molecule has 0 fully saturated rings. The lowest BCUT2D eigenvalue weighted by molar-refractivity contribution is 0.415. The SMILES string of the molecule is COc1cccc(-c2c(N)n[nH]c2-c2cn(C)nc2C)c1. The Kier molecular flexibility index (Phi) is 3.13. The van der Waals surface area contributed by atoms with Crippen LogP contribution in [0.25, 0.3) is 22.4 Å². The number of rotatable bonds is 3. The summed E-state index contributed by atoms with van der Waals surface area (Å²) < 4.78 is 7.05. The maximum Gasteiger partial charge on any atom is 0.153 e. The van der Waals surface area contributed by atoms with E-state index in [9.17, 15) is 0 Å². The second-order valence-electron chi connectivity index (χ2n) is 4.89. The van der Waals surface area contributed by atoms with Crippen LogP contribution in [0, 0.1) is 6.92 Å². The fourth-order valence-electron chi connectivity index (χ4n) is 2.47. The molecule has 108 valence electrons. The number of nitrogen functional groups attached to an aromatic ring is 1. The van der Waals surface area contributed by atoms with Crippen LogP contribution < -0.4 is 10.5 Å². The van der Waals surface area contributed by atoms with Gasteiger partial charge in [0.1, 0.15) is 5.75 Å². The van der Waals surface area contributed by atoms with E-state index in [0.717, 1.165) is 33.8 Å². The summed E-state index contributed by atoms with van der Waals surface area (Å²) in [6.07, 6.45) is 1.95. The van der Waals surface area contributed by atoms with Crippen molar-refractivity contribution in [3.8, 4) is 28.1 Å². The maximum absolute atomic E-state index is 6.05. The number of aryl methyl sites for hydroxylation is 2. The molecule has 0 atom stereocenters. The van der Waals surface area contributed by atoms with Gasteiger partial charge in [-0.05, 0) is 24.6 Å². The third-order valence-corrected chi connectivity index (χ3v) is 3.44. The summed E-state index contributed by atoms with van der Waals surface area (Å²) in [6, 6.07) is 7.75. The lowest BCUT2D eigenvalue weighted by atomic mass is 10.0. The van der Waals surface area contributed by atoms with Crippen molar-refractivity contribution in [2.45, 2.75) is 6.92 Å². The van der Waals surface area contributed by atoms with Crippen LogP contribution in [-0.4, -0.2) is 27.1 Å². The van der Waals surface area contributed by atoms with E-state index in [1.165, 1.54) is 0 Å². The molecule has 6 nitrogen and oxygen atoms in total. The van der Waals surface area contributed by atoms with Gasteiger partial charge in [0.2, 0.25) is 0 Å². The van der Waals surface area contributed by atoms with Crippen molar-refractivity contribution < 1.29 is 4.74 Å². The number of ether oxygens (including phenoxy) is 1. The number of hydrogen-bond acceptors (Lipinski definition) is 4. The molecule has 0 aliphatic rings. The lowest BCUT2D eigenvalue weighted by Gasteiger charge is -2.06. The van der Waals surface area contributed by atoms with E-state index in [1.54, 1.807) is 11.8 Å². The van der Waals surface area contributed by atoms with Gasteiger partial charge in [-0.15, -0.1) is 0 Å². The molecule has 0 saturated heterocycles. The summed E-state index contributed by atoms with van der Waals surface area (Å²) in [5, 5.41) is 11.5. The summed E-state index contributed by atoms with van der Waals surface area (Å²) in [5.74, 6) is 1.24. The number of nitrogens with one attached hydrogen (secondary N) is 1. The molecule has 0 amide bonds. The van der Waals surface area contributed by atoms with E-state index in [0.29, 0.717) is 5.82 Å². The fraction of sp³-hybridized carbons (Fsp3) is 0.200. The average Bonchev–Trinajstić information content (AvgIpc) is 3.01. The predicted molar refractivity (Wildman–Crippen MR) is 81.9 cm³/mol. The van der Waals surface area contributed by atoms with Gasteiger partial charge in [0.25, 0.3) is 0 Å². The molecule has 3 N–H and O–H groups in total. The van der Waals surface area contributed by atoms with Crippen LogP contribution in [0.4, 0.5) is 5.82 Å². The van der Waals surface area contributed by atoms with E-state index in [4.69, 9.17) is 10.5 Å². The molecule has 0 aliphatic heterocycles. The molecule has 6 heteroatoms. The minimum Gasteiger partial charge on any atom is -0.497 e. The Balaban J connectivity index is 2.19. The van der Waals surface area contributed by atoms with Crippen molar-refractivity contribution in [2.24, 2.45) is 7.05 Å². The first-order valence-corrected chi connectivity index (χ1v) is 6.59. The van der Waals surface area contributed by atoms with Gasteiger partial charge < -0.3 is 10.5 Å². The van der Waals surface area contributed by atoms with Gasteiger partial charge in [-0.3, -0.25) is 9.78 Å². The Morgan fingerprint density at radius 2 is 2.14 bits per heavy atom. The Morgan fingerprint density at radius 1 is 1.33 bits per heavy atom. The van der Waals surface area contributed by atoms with Gasteiger partial charge in [0, 0.05) is 18.8 Å². The van der Waals surface area contributed by atoms with Crippen molar-refractivity contribution in [3.63, 3.8) is 0 Å². The molecule has 0 radical (unpaired) electrons. The van der Waals surface area contributed by atoms with Gasteiger partial charge in [-0.25, -0.2) is 0 Å². The Bertz CT molecular complexity index is 787. The zero-order valence-electron chi connectivity index (χ0n) is 12.2. The van der Waals surface area contributed by atoms with Crippen molar-refractivity contribution in [2.75, 3.05) is 12.8 Å². The smallest absolute Gasteiger partial charge is 0.153 e. The average molecular weight is 283 g/mol. The van der Waals surface area contributed by atoms with E-state index in [1.807, 2.05) is 44.4 Å². The number of H-pyrrole nitrogens is 1. The summed E-state index contributed by atoms with van der Waals surface area (Å²) in [5.41, 5.74) is 10.6. The molecule has 1 aromatic carbocycles. The van der Waals surface area contributed by atoms with Crippen LogP contribution >= 0.6 is 0 Å². The highest BCUT2D eigenvalue weighted by Crippen LogP contribution is 2.36. The Hall–Kier alpha value is -2.76. The maximum atomic E-state index is 6.05. The second-order valence-corrected chi connectivity index (χ2v) is 4.89. The Morgan fingerprint density at radius 3 is 2.81 bits per heavy atom. The molecule has 0 saturated carbocycles. The van der Waals surface area contributed by atoms with E-state index >= 15 is 0 Å². The molecule has 0 aliphatic carbocycles. The van der Waals surface area contributed by atoms with Crippen molar-refractivity contribution in [1.29, 1.82) is 0 Å². The normalized spacial score (nSPS) is 10.8. The molecule has 3 rings (SSSR count). The van der Waals surface area contributed by atoms with Gasteiger partial charge in [0.05, 0.1) is 24.1 Å². The standard InChI is InChI=1S/C15H17N5O/c1-9-12(8-20(2)19-9)14-13(15(16)18-17-14)10-5-4-6-11(7-10)21-3/h4-8H,1-3H3,(H3,16,17,18). The Labute approximate surface area is 122 Å². The monoisotopic (exact) mass is 283 g/mol. The van der Waals surface area contributed by atoms with Gasteiger partial charge in [0.15, 0.2) is 5.82 Å². The van der Waals surface area contributed by atoms with Crippen LogP contribution in [0.5, 0.6) is 5.75 Å². The quantitative estimate of drug-likeness (QED) is 0.773. The van der Waals surface area contributed by atoms with Crippen LogP contribution in [0.15, 0.2) is 30.5 Å². The lowest BCUT2D eigenvalue weighted by Crippen LogP contribution is -1.90. The predicted octanol–water partition coefficient (Wildman–Crippen LogP) is 2.38. The van der Waals surface area contributed by atoms with Crippen molar-refractivity contribution >= 4 is 5.82 Å². The number of nitrogens with zero attached hydrogens (tertiary/aromatic N) is 3. The van der Waals surface area contributed by atoms with Crippen molar-refractivity contribution in [3.05, 3.63) is 36.2 Å². The minimum absolute atomic E-state index is 0.460. The van der Waals surface area contributed by atoms with Crippen LogP contribution in [0.3, 0.4) is 0 Å². The van der Waals surface area contributed by atoms with Crippen LogP contribution in [0.2, 0.25) is 0 Å². The number of nitrogens with two attached hydrogens (primary N) is 1. The van der Waals surface area contributed by atoms with Gasteiger partial charge >= 0.3 is 0 Å². The minimum atomic E-state index is 0.460. The molecule has 0 spiro atoms. The molecule has 3 aromatic rings. The molecular formula is C15H17N5O. The highest BCUT2D eigenvalue weighted by atomic mass is 16.5. The number of hydrogen-bond donors (Lipinski definition) is 2. The number of aromatic amines is 1. The van der Waals surface area contributed by atoms with E-state index in [-0.39, 0.29) is 0 Å². The summed E-state index contributed by atoms with van der Waals surface area (Å²) >= 11 is 0. The van der Waals surface area contributed by atoms with Gasteiger partial charge in [-0.2, -0.15) is 10.2 Å². The third kappa shape index (κ3) is 2.24. The largest absolute Gasteiger partial charge is 0.497 e. The molecule has 2 heterocycles. The molecule has 21 heavy (non-hydrogen) atoms. The second kappa shape index (κ2) is 4.97. The first-order valence-electron chi connectivity index (χ1n) is 6.59. The highest BCUT2D eigenvalue weighted by molar-refractivity contribution is 5.88. The van der Waals surface area contributed by atoms with Crippen LogP contribution in [-0.2, 0) is 7.05 Å². The third-order valence-electron chi connectivity index (χ3n) is 3.44. The number of benzene rings is 1. The van der Waals surface area contributed by atoms with Gasteiger partial charge in [-0.1, -0.05) is 12.1 Å². The first kappa shape index (κ1) is 13.2. The molecular weight excluding hydrogens is 266 g/mol. The van der Waals surface area contributed by atoms with Crippen molar-refractivity contribution in [1.82, 2.24) is 20.0 Å². The molecule has 0 unspecified atom stereocenters. The van der Waals surface area contributed by atoms with E-state index in [2.05, 4.69) is 15.3 Å². The zero-order chi connectivity index (χ0) is 15.0. The summed E-state index contributed by atoms with van der Waals surface area (Å²) in [7, 11) is 3.53. The van der Waals surface area contributed by atoms with Crippen LogP contribution in [0.1, 0.15) is 5.69 Å². The number of methoxy groups -OCH3 is 1. The van der Waals surface area contributed by atoms with E-state index < -0.39 is 0 Å². The number of aromatic nitrogens is 4.